The van der Waals surface area contributed by atoms with E-state index in [1.165, 1.54) is 11.3 Å². The Labute approximate surface area is 206 Å². The number of nitrogens with one attached hydrogen (secondary N) is 1. The molecule has 5 rings (SSSR count). The van der Waals surface area contributed by atoms with Gasteiger partial charge in [0, 0.05) is 43.0 Å². The Morgan fingerprint density at radius 3 is 2.83 bits per heavy atom. The van der Waals surface area contributed by atoms with Crippen molar-refractivity contribution in [1.82, 2.24) is 24.8 Å². The average molecular weight is 506 g/mol. The number of carbonyl (C=O) groups is 1. The van der Waals surface area contributed by atoms with Crippen LogP contribution in [0.3, 0.4) is 0 Å². The Balaban J connectivity index is 1.05. The van der Waals surface area contributed by atoms with Crippen LogP contribution in [0.25, 0.3) is 5.52 Å². The van der Waals surface area contributed by atoms with Crippen molar-refractivity contribution < 1.29 is 18.0 Å². The summed E-state index contributed by atoms with van der Waals surface area (Å²) in [6.07, 6.45) is 4.65. The summed E-state index contributed by atoms with van der Waals surface area (Å²) < 4.78 is 39.3. The highest BCUT2D eigenvalue weighted by molar-refractivity contribution is 7.11. The fourth-order valence-electron chi connectivity index (χ4n) is 5.19. The monoisotopic (exact) mass is 505 g/mol. The molecule has 0 saturated heterocycles. The fraction of sp³-hybridized carbons (Fsp3) is 0.560. The molecule has 1 N–H and O–H groups in total. The molecule has 35 heavy (non-hydrogen) atoms. The molecule has 4 heterocycles. The first-order valence-corrected chi connectivity index (χ1v) is 13.2. The van der Waals surface area contributed by atoms with E-state index in [9.17, 15) is 18.0 Å². The Morgan fingerprint density at radius 2 is 2.03 bits per heavy atom. The number of hydrogen-bond acceptors (Lipinski definition) is 5. The second kappa shape index (κ2) is 10.3. The van der Waals surface area contributed by atoms with Crippen LogP contribution in [0.2, 0.25) is 0 Å². The molecule has 0 bridgehead atoms. The van der Waals surface area contributed by atoms with Crippen molar-refractivity contribution in [3.63, 3.8) is 0 Å². The number of aromatic nitrogens is 3. The van der Waals surface area contributed by atoms with Crippen molar-refractivity contribution in [2.45, 2.75) is 70.1 Å². The van der Waals surface area contributed by atoms with Crippen LogP contribution >= 0.6 is 11.3 Å². The van der Waals surface area contributed by atoms with Gasteiger partial charge in [-0.1, -0.05) is 6.07 Å². The number of fused-ring (bicyclic) bond motifs is 2. The normalized spacial score (nSPS) is 21.2. The van der Waals surface area contributed by atoms with Crippen LogP contribution in [-0.2, 0) is 19.4 Å². The van der Waals surface area contributed by atoms with Crippen molar-refractivity contribution >= 4 is 22.8 Å². The summed E-state index contributed by atoms with van der Waals surface area (Å²) in [4.78, 5) is 20.8. The first kappa shape index (κ1) is 24.2. The van der Waals surface area contributed by atoms with Crippen molar-refractivity contribution in [3.05, 3.63) is 51.7 Å². The number of alkyl halides is 3. The number of amides is 1. The zero-order valence-corrected chi connectivity index (χ0v) is 20.4. The summed E-state index contributed by atoms with van der Waals surface area (Å²) in [5.41, 5.74) is 2.40. The number of aryl methyl sites for hydroxylation is 1. The van der Waals surface area contributed by atoms with Gasteiger partial charge in [0.1, 0.15) is 0 Å². The minimum Gasteiger partial charge on any atom is -0.349 e. The van der Waals surface area contributed by atoms with Gasteiger partial charge in [-0.15, -0.1) is 11.3 Å². The molecule has 3 aromatic heterocycles. The van der Waals surface area contributed by atoms with E-state index in [1.54, 1.807) is 10.7 Å². The molecule has 1 aliphatic carbocycles. The van der Waals surface area contributed by atoms with E-state index in [2.05, 4.69) is 20.3 Å². The summed E-state index contributed by atoms with van der Waals surface area (Å²) in [6, 6.07) is 5.89. The standard InChI is InChI=1S/C25H30F3N5OS/c26-25(27,28)11-8-23-31-20-16-32(14-10-22(20)35-23)13-9-17-4-6-18(7-5-17)30-24(34)19-15-29-33-12-2-1-3-21(19)33/h1-3,12,15,17-18H,4-11,13-14,16H2,(H,30,34)/t17-,18-. The first-order chi connectivity index (χ1) is 16.8. The van der Waals surface area contributed by atoms with Crippen molar-refractivity contribution in [2.75, 3.05) is 13.1 Å². The van der Waals surface area contributed by atoms with E-state index in [0.29, 0.717) is 16.5 Å². The van der Waals surface area contributed by atoms with Gasteiger partial charge in [0.2, 0.25) is 0 Å². The molecule has 1 amide bonds. The molecule has 0 radical (unpaired) electrons. The zero-order valence-electron chi connectivity index (χ0n) is 19.6. The third-order valence-corrected chi connectivity index (χ3v) is 8.40. The number of pyridine rings is 1. The molecule has 0 spiro atoms. The van der Waals surface area contributed by atoms with Gasteiger partial charge in [-0.25, -0.2) is 9.50 Å². The molecule has 0 unspecified atom stereocenters. The number of carbonyl (C=O) groups excluding carboxylic acids is 1. The van der Waals surface area contributed by atoms with E-state index >= 15 is 0 Å². The van der Waals surface area contributed by atoms with Gasteiger partial charge >= 0.3 is 6.18 Å². The number of rotatable bonds is 7. The quantitative estimate of drug-likeness (QED) is 0.490. The van der Waals surface area contributed by atoms with Crippen LogP contribution in [0.1, 0.15) is 64.5 Å². The molecule has 10 heteroatoms. The molecule has 3 aromatic rings. The van der Waals surface area contributed by atoms with E-state index in [1.807, 2.05) is 24.4 Å². The summed E-state index contributed by atoms with van der Waals surface area (Å²) in [5, 5.41) is 8.05. The van der Waals surface area contributed by atoms with Gasteiger partial charge in [-0.2, -0.15) is 18.3 Å². The number of hydrogen-bond donors (Lipinski definition) is 1. The average Bonchev–Trinajstić information content (AvgIpc) is 3.45. The largest absolute Gasteiger partial charge is 0.389 e. The molecule has 6 nitrogen and oxygen atoms in total. The number of nitrogens with zero attached hydrogens (tertiary/aromatic N) is 4. The topological polar surface area (TPSA) is 62.5 Å². The lowest BCUT2D eigenvalue weighted by Gasteiger charge is -2.32. The summed E-state index contributed by atoms with van der Waals surface area (Å²) in [7, 11) is 0. The highest BCUT2D eigenvalue weighted by Gasteiger charge is 2.29. The molecular weight excluding hydrogens is 475 g/mol. The predicted octanol–water partition coefficient (Wildman–Crippen LogP) is 5.02. The van der Waals surface area contributed by atoms with Crippen LogP contribution < -0.4 is 5.32 Å². The Kier molecular flexibility index (Phi) is 7.11. The predicted molar refractivity (Wildman–Crippen MR) is 128 cm³/mol. The molecule has 188 valence electrons. The Morgan fingerprint density at radius 1 is 1.20 bits per heavy atom. The minimum absolute atomic E-state index is 0.0155. The van der Waals surface area contributed by atoms with Crippen molar-refractivity contribution in [1.29, 1.82) is 0 Å². The SMILES string of the molecule is O=C(N[C@H]1CC[C@H](CCN2CCc3sc(CCC(F)(F)F)nc3C2)CC1)c1cnn2ccccc12. The number of thiazole rings is 1. The highest BCUT2D eigenvalue weighted by Crippen LogP contribution is 2.31. The molecule has 2 aliphatic rings. The molecule has 1 aliphatic heterocycles. The maximum absolute atomic E-state index is 12.8. The number of halogens is 3. The Hall–Kier alpha value is -2.46. The van der Waals surface area contributed by atoms with Crippen LogP contribution in [0.4, 0.5) is 13.2 Å². The van der Waals surface area contributed by atoms with Crippen molar-refractivity contribution in [3.8, 4) is 0 Å². The van der Waals surface area contributed by atoms with E-state index in [4.69, 9.17) is 0 Å². The van der Waals surface area contributed by atoms with Gasteiger partial charge in [-0.3, -0.25) is 9.69 Å². The smallest absolute Gasteiger partial charge is 0.349 e. The molecule has 1 fully saturated rings. The fourth-order valence-corrected chi connectivity index (χ4v) is 6.25. The second-order valence-corrected chi connectivity index (χ2v) is 10.9. The van der Waals surface area contributed by atoms with Crippen LogP contribution in [-0.4, -0.2) is 50.7 Å². The van der Waals surface area contributed by atoms with Gasteiger partial charge in [0.15, 0.2) is 0 Å². The van der Waals surface area contributed by atoms with Crippen LogP contribution in [0.5, 0.6) is 0 Å². The lowest BCUT2D eigenvalue weighted by molar-refractivity contribution is -0.134. The van der Waals surface area contributed by atoms with Crippen LogP contribution in [0, 0.1) is 5.92 Å². The van der Waals surface area contributed by atoms with Crippen LogP contribution in [0.15, 0.2) is 30.6 Å². The Bertz CT molecular complexity index is 1170. The second-order valence-electron chi connectivity index (χ2n) is 9.69. The maximum Gasteiger partial charge on any atom is 0.389 e. The molecular formula is C25H30F3N5OS. The summed E-state index contributed by atoms with van der Waals surface area (Å²) >= 11 is 1.45. The molecule has 0 atom stereocenters. The van der Waals surface area contributed by atoms with E-state index in [-0.39, 0.29) is 18.4 Å². The molecule has 0 aromatic carbocycles. The minimum atomic E-state index is -4.13. The molecule has 1 saturated carbocycles. The van der Waals surface area contributed by atoms with E-state index in [0.717, 1.165) is 74.2 Å². The van der Waals surface area contributed by atoms with Gasteiger partial charge in [-0.05, 0) is 63.1 Å². The first-order valence-electron chi connectivity index (χ1n) is 12.3. The van der Waals surface area contributed by atoms with E-state index < -0.39 is 12.6 Å². The van der Waals surface area contributed by atoms with Crippen molar-refractivity contribution in [2.24, 2.45) is 5.92 Å². The lowest BCUT2D eigenvalue weighted by Crippen LogP contribution is -2.38. The zero-order chi connectivity index (χ0) is 24.4. The third kappa shape index (κ3) is 6.03. The summed E-state index contributed by atoms with van der Waals surface area (Å²) in [5.74, 6) is 0.580. The lowest BCUT2D eigenvalue weighted by atomic mass is 9.84. The summed E-state index contributed by atoms with van der Waals surface area (Å²) in [6.45, 7) is 2.67. The third-order valence-electron chi connectivity index (χ3n) is 7.18. The highest BCUT2D eigenvalue weighted by atomic mass is 32.1. The van der Waals surface area contributed by atoms with Gasteiger partial charge in [0.05, 0.1) is 28.0 Å². The van der Waals surface area contributed by atoms with Gasteiger partial charge in [0.25, 0.3) is 5.91 Å². The van der Waals surface area contributed by atoms with Gasteiger partial charge < -0.3 is 5.32 Å². The maximum atomic E-state index is 12.8.